The molecule has 86 valence electrons. The second kappa shape index (κ2) is 7.21. The highest BCUT2D eigenvalue weighted by molar-refractivity contribution is 4.41. The quantitative estimate of drug-likeness (QED) is 0.370. The molecule has 1 unspecified atom stereocenters. The van der Waals surface area contributed by atoms with Gasteiger partial charge in [0, 0.05) is 0 Å². The molecule has 0 aliphatic rings. The summed E-state index contributed by atoms with van der Waals surface area (Å²) in [6.07, 6.45) is 3.36. The predicted octanol–water partition coefficient (Wildman–Crippen LogP) is 1.61. The molecule has 0 radical (unpaired) electrons. The molecule has 3 heteroatoms. The summed E-state index contributed by atoms with van der Waals surface area (Å²) in [5, 5.41) is 9.26. The van der Waals surface area contributed by atoms with Crippen molar-refractivity contribution in [3.8, 4) is 0 Å². The molecule has 14 heavy (non-hydrogen) atoms. The van der Waals surface area contributed by atoms with Crippen LogP contribution in [0.3, 0.4) is 0 Å². The highest BCUT2D eigenvalue weighted by Gasteiger charge is 2.17. The van der Waals surface area contributed by atoms with E-state index in [1.807, 2.05) is 6.92 Å². The summed E-state index contributed by atoms with van der Waals surface area (Å²) >= 11 is 0. The van der Waals surface area contributed by atoms with Gasteiger partial charge in [-0.2, -0.15) is 0 Å². The van der Waals surface area contributed by atoms with Gasteiger partial charge in [0.15, 0.2) is 6.73 Å². The Morgan fingerprint density at radius 2 is 1.93 bits per heavy atom. The number of hydrogen-bond donors (Lipinski definition) is 1. The molecule has 0 bridgehead atoms. The summed E-state index contributed by atoms with van der Waals surface area (Å²) in [4.78, 5) is 0. The van der Waals surface area contributed by atoms with Crippen LogP contribution in [0, 0.1) is 0 Å². The molecule has 0 aromatic heterocycles. The summed E-state index contributed by atoms with van der Waals surface area (Å²) in [7, 11) is 4.15. The molecule has 0 rings (SSSR count). The number of aliphatic hydroxyl groups excluding tert-OH is 1. The van der Waals surface area contributed by atoms with Crippen LogP contribution in [0.25, 0.3) is 0 Å². The minimum atomic E-state index is -0.260. The number of unbranched alkanes of at least 4 members (excludes halogenated alkanes) is 2. The van der Waals surface area contributed by atoms with E-state index in [1.54, 1.807) is 0 Å². The lowest BCUT2D eigenvalue weighted by atomic mass is 10.3. The number of aliphatic hydroxyl groups is 1. The molecule has 0 aliphatic heterocycles. The molecule has 0 saturated heterocycles. The standard InChI is InChI=1S/C11H26NO2/c1-5-6-7-8-14-10-12(3,4)9-11(2)13/h11,13H,5-10H2,1-4H3/q+1. The SMILES string of the molecule is CCCCCOC[N+](C)(C)CC(C)O. The number of likely N-dealkylation sites (N-methyl/N-ethyl adjacent to an activating group) is 1. The molecule has 1 N–H and O–H groups in total. The fraction of sp³-hybridized carbons (Fsp3) is 1.00. The summed E-state index contributed by atoms with van der Waals surface area (Å²) in [6, 6.07) is 0. The van der Waals surface area contributed by atoms with Gasteiger partial charge in [-0.25, -0.2) is 0 Å². The maximum absolute atomic E-state index is 9.26. The van der Waals surface area contributed by atoms with Crippen molar-refractivity contribution in [3.05, 3.63) is 0 Å². The van der Waals surface area contributed by atoms with Gasteiger partial charge in [-0.15, -0.1) is 0 Å². The van der Waals surface area contributed by atoms with Gasteiger partial charge in [-0.3, -0.25) is 0 Å². The third kappa shape index (κ3) is 8.48. The lowest BCUT2D eigenvalue weighted by Crippen LogP contribution is -2.46. The second-order valence-corrected chi connectivity index (χ2v) is 4.71. The summed E-state index contributed by atoms with van der Waals surface area (Å²) < 4.78 is 6.29. The monoisotopic (exact) mass is 204 g/mol. The highest BCUT2D eigenvalue weighted by atomic mass is 16.5. The molecular weight excluding hydrogens is 178 g/mol. The summed E-state index contributed by atoms with van der Waals surface area (Å²) in [5.41, 5.74) is 0. The van der Waals surface area contributed by atoms with E-state index in [0.717, 1.165) is 24.1 Å². The van der Waals surface area contributed by atoms with E-state index in [9.17, 15) is 5.11 Å². The first kappa shape index (κ1) is 13.9. The van der Waals surface area contributed by atoms with Crippen molar-refractivity contribution in [1.82, 2.24) is 0 Å². The first-order valence-corrected chi connectivity index (χ1v) is 5.56. The van der Waals surface area contributed by atoms with Gasteiger partial charge in [-0.1, -0.05) is 19.8 Å². The van der Waals surface area contributed by atoms with Gasteiger partial charge in [0.1, 0.15) is 12.6 Å². The van der Waals surface area contributed by atoms with Crippen LogP contribution in [0.15, 0.2) is 0 Å². The average Bonchev–Trinajstić information content (AvgIpc) is 2.01. The first-order valence-electron chi connectivity index (χ1n) is 5.56. The molecule has 0 saturated carbocycles. The average molecular weight is 204 g/mol. The summed E-state index contributed by atoms with van der Waals surface area (Å²) in [5.74, 6) is 0. The van der Waals surface area contributed by atoms with Crippen LogP contribution in [0.1, 0.15) is 33.1 Å². The molecule has 0 amide bonds. The van der Waals surface area contributed by atoms with Crippen LogP contribution in [0.4, 0.5) is 0 Å². The smallest absolute Gasteiger partial charge is 0.182 e. The summed E-state index contributed by atoms with van der Waals surface area (Å²) in [6.45, 7) is 6.28. The van der Waals surface area contributed by atoms with Gasteiger partial charge in [0.25, 0.3) is 0 Å². The Kier molecular flexibility index (Phi) is 7.15. The number of quaternary nitrogens is 1. The third-order valence-corrected chi connectivity index (χ3v) is 2.09. The largest absolute Gasteiger partial charge is 0.388 e. The molecule has 3 nitrogen and oxygen atoms in total. The molecule has 0 aromatic rings. The lowest BCUT2D eigenvalue weighted by Gasteiger charge is -2.30. The normalized spacial score (nSPS) is 14.4. The maximum Gasteiger partial charge on any atom is 0.182 e. The van der Waals surface area contributed by atoms with E-state index in [1.165, 1.54) is 12.8 Å². The predicted molar refractivity (Wildman–Crippen MR) is 59.0 cm³/mol. The Morgan fingerprint density at radius 1 is 1.29 bits per heavy atom. The highest BCUT2D eigenvalue weighted by Crippen LogP contribution is 2.01. The fourth-order valence-corrected chi connectivity index (χ4v) is 1.53. The molecule has 0 spiro atoms. The molecule has 0 aliphatic carbocycles. The van der Waals surface area contributed by atoms with E-state index in [4.69, 9.17) is 4.74 Å². The van der Waals surface area contributed by atoms with Gasteiger partial charge in [0.05, 0.1) is 20.7 Å². The van der Waals surface area contributed by atoms with Crippen LogP contribution in [0.5, 0.6) is 0 Å². The lowest BCUT2D eigenvalue weighted by molar-refractivity contribution is -0.912. The van der Waals surface area contributed by atoms with Crippen LogP contribution >= 0.6 is 0 Å². The van der Waals surface area contributed by atoms with Crippen molar-refractivity contribution < 1.29 is 14.3 Å². The Bertz CT molecular complexity index is 135. The van der Waals surface area contributed by atoms with Crippen molar-refractivity contribution in [2.24, 2.45) is 0 Å². The zero-order valence-electron chi connectivity index (χ0n) is 10.1. The first-order chi connectivity index (χ1) is 6.48. The Balaban J connectivity index is 3.45. The van der Waals surface area contributed by atoms with Crippen molar-refractivity contribution in [2.45, 2.75) is 39.2 Å². The molecule has 0 aromatic carbocycles. The zero-order valence-corrected chi connectivity index (χ0v) is 10.1. The van der Waals surface area contributed by atoms with Crippen molar-refractivity contribution in [2.75, 3.05) is 34.0 Å². The minimum Gasteiger partial charge on any atom is -0.388 e. The van der Waals surface area contributed by atoms with E-state index >= 15 is 0 Å². The van der Waals surface area contributed by atoms with Gasteiger partial charge < -0.3 is 14.3 Å². The van der Waals surface area contributed by atoms with E-state index in [-0.39, 0.29) is 6.10 Å². The van der Waals surface area contributed by atoms with Crippen molar-refractivity contribution >= 4 is 0 Å². The fourth-order valence-electron chi connectivity index (χ4n) is 1.53. The van der Waals surface area contributed by atoms with E-state index in [0.29, 0.717) is 6.73 Å². The Morgan fingerprint density at radius 3 is 2.43 bits per heavy atom. The maximum atomic E-state index is 9.26. The zero-order chi connectivity index (χ0) is 11.0. The Labute approximate surface area is 88.3 Å². The van der Waals surface area contributed by atoms with Crippen LogP contribution in [-0.4, -0.2) is 49.7 Å². The molecule has 0 fully saturated rings. The minimum absolute atomic E-state index is 0.260. The van der Waals surface area contributed by atoms with Crippen LogP contribution < -0.4 is 0 Å². The number of ether oxygens (including phenoxy) is 1. The van der Waals surface area contributed by atoms with E-state index < -0.39 is 0 Å². The number of hydrogen-bond acceptors (Lipinski definition) is 2. The number of rotatable bonds is 8. The van der Waals surface area contributed by atoms with E-state index in [2.05, 4.69) is 21.0 Å². The van der Waals surface area contributed by atoms with Crippen molar-refractivity contribution in [1.29, 1.82) is 0 Å². The molecule has 0 heterocycles. The molecular formula is C11H26NO2+. The van der Waals surface area contributed by atoms with Crippen LogP contribution in [-0.2, 0) is 4.74 Å². The van der Waals surface area contributed by atoms with Crippen LogP contribution in [0.2, 0.25) is 0 Å². The topological polar surface area (TPSA) is 29.5 Å². The Hall–Kier alpha value is -0.120. The second-order valence-electron chi connectivity index (χ2n) is 4.71. The van der Waals surface area contributed by atoms with Gasteiger partial charge in [0.2, 0.25) is 0 Å². The third-order valence-electron chi connectivity index (χ3n) is 2.09. The molecule has 1 atom stereocenters. The number of nitrogens with zero attached hydrogens (tertiary/aromatic N) is 1. The van der Waals surface area contributed by atoms with Crippen molar-refractivity contribution in [3.63, 3.8) is 0 Å². The van der Waals surface area contributed by atoms with Gasteiger partial charge >= 0.3 is 0 Å². The van der Waals surface area contributed by atoms with Gasteiger partial charge in [-0.05, 0) is 13.3 Å².